The molecule has 2 aromatic carbocycles. The maximum atomic E-state index is 12.5. The zero-order valence-electron chi connectivity index (χ0n) is 14.4. The molecule has 26 heavy (non-hydrogen) atoms. The van der Waals surface area contributed by atoms with Crippen molar-refractivity contribution in [3.63, 3.8) is 0 Å². The molecule has 3 rings (SSSR count). The average molecular weight is 413 g/mol. The average Bonchev–Trinajstić information content (AvgIpc) is 2.67. The molecular formula is C21H21BrN2O2. The summed E-state index contributed by atoms with van der Waals surface area (Å²) in [6, 6.07) is 17.2. The van der Waals surface area contributed by atoms with E-state index in [4.69, 9.17) is 0 Å². The van der Waals surface area contributed by atoms with Crippen molar-refractivity contribution < 1.29 is 9.59 Å². The fraction of sp³-hybridized carbons (Fsp3) is 0.238. The Bertz CT molecular complexity index is 805. The molecule has 0 aromatic heterocycles. The number of benzene rings is 2. The minimum Gasteiger partial charge on any atom is -0.338 e. The number of nitrogens with one attached hydrogen (secondary N) is 1. The van der Waals surface area contributed by atoms with Crippen LogP contribution in [0.4, 0.5) is 5.69 Å². The number of carbonyl (C=O) groups is 2. The SMILES string of the molecule is O=C(Nc1ccccc1)C1CCCN(C(=O)/C=C/c2cccc(Br)c2)C1. The van der Waals surface area contributed by atoms with Crippen LogP contribution in [0.3, 0.4) is 0 Å². The van der Waals surface area contributed by atoms with Crippen LogP contribution in [0.1, 0.15) is 18.4 Å². The second-order valence-corrected chi connectivity index (χ2v) is 7.28. The highest BCUT2D eigenvalue weighted by Gasteiger charge is 2.27. The van der Waals surface area contributed by atoms with Gasteiger partial charge in [-0.25, -0.2) is 0 Å². The first kappa shape index (κ1) is 18.4. The van der Waals surface area contributed by atoms with E-state index in [-0.39, 0.29) is 17.7 Å². The van der Waals surface area contributed by atoms with Crippen molar-refractivity contribution in [1.29, 1.82) is 0 Å². The zero-order valence-corrected chi connectivity index (χ0v) is 16.0. The van der Waals surface area contributed by atoms with Gasteiger partial charge in [0.25, 0.3) is 0 Å². The van der Waals surface area contributed by atoms with Crippen molar-refractivity contribution in [2.24, 2.45) is 5.92 Å². The Kier molecular flexibility index (Phi) is 6.23. The van der Waals surface area contributed by atoms with Crippen molar-refractivity contribution in [2.75, 3.05) is 18.4 Å². The van der Waals surface area contributed by atoms with Gasteiger partial charge < -0.3 is 10.2 Å². The lowest BCUT2D eigenvalue weighted by Gasteiger charge is -2.31. The largest absolute Gasteiger partial charge is 0.338 e. The van der Waals surface area contributed by atoms with Crippen LogP contribution in [-0.4, -0.2) is 29.8 Å². The summed E-state index contributed by atoms with van der Waals surface area (Å²) < 4.78 is 0.975. The molecule has 0 saturated carbocycles. The Hall–Kier alpha value is -2.40. The highest BCUT2D eigenvalue weighted by molar-refractivity contribution is 9.10. The van der Waals surface area contributed by atoms with Crippen LogP contribution in [0, 0.1) is 5.92 Å². The Morgan fingerprint density at radius 1 is 1.12 bits per heavy atom. The van der Waals surface area contributed by atoms with Gasteiger partial charge in [-0.2, -0.15) is 0 Å². The Morgan fingerprint density at radius 3 is 2.69 bits per heavy atom. The summed E-state index contributed by atoms with van der Waals surface area (Å²) in [4.78, 5) is 26.7. The van der Waals surface area contributed by atoms with Gasteiger partial charge in [-0.1, -0.05) is 46.3 Å². The van der Waals surface area contributed by atoms with Gasteiger partial charge in [-0.15, -0.1) is 0 Å². The Balaban J connectivity index is 1.59. The molecule has 1 heterocycles. The van der Waals surface area contributed by atoms with E-state index in [9.17, 15) is 9.59 Å². The van der Waals surface area contributed by atoms with Crippen molar-refractivity contribution in [3.8, 4) is 0 Å². The van der Waals surface area contributed by atoms with E-state index in [2.05, 4.69) is 21.2 Å². The lowest BCUT2D eigenvalue weighted by molar-refractivity contribution is -0.130. The quantitative estimate of drug-likeness (QED) is 0.759. The third kappa shape index (κ3) is 5.05. The van der Waals surface area contributed by atoms with E-state index in [1.807, 2.05) is 54.6 Å². The number of para-hydroxylation sites is 1. The topological polar surface area (TPSA) is 49.4 Å². The highest BCUT2D eigenvalue weighted by Crippen LogP contribution is 2.19. The number of rotatable bonds is 4. The van der Waals surface area contributed by atoms with E-state index >= 15 is 0 Å². The van der Waals surface area contributed by atoms with E-state index in [0.29, 0.717) is 13.1 Å². The van der Waals surface area contributed by atoms with Crippen LogP contribution in [0.25, 0.3) is 6.08 Å². The fourth-order valence-corrected chi connectivity index (χ4v) is 3.46. The number of carbonyl (C=O) groups excluding carboxylic acids is 2. The molecule has 1 aliphatic rings. The fourth-order valence-electron chi connectivity index (χ4n) is 3.04. The molecular weight excluding hydrogens is 392 g/mol. The van der Waals surface area contributed by atoms with Crippen LogP contribution < -0.4 is 5.32 Å². The van der Waals surface area contributed by atoms with Gasteiger partial charge in [0.15, 0.2) is 0 Å². The van der Waals surface area contributed by atoms with Gasteiger partial charge in [0.1, 0.15) is 0 Å². The molecule has 4 nitrogen and oxygen atoms in total. The third-order valence-corrected chi connectivity index (χ3v) is 4.91. The lowest BCUT2D eigenvalue weighted by atomic mass is 9.97. The van der Waals surface area contributed by atoms with E-state index < -0.39 is 0 Å². The maximum Gasteiger partial charge on any atom is 0.246 e. The van der Waals surface area contributed by atoms with Crippen LogP contribution in [0.5, 0.6) is 0 Å². The van der Waals surface area contributed by atoms with Crippen molar-refractivity contribution >= 4 is 39.5 Å². The third-order valence-electron chi connectivity index (χ3n) is 4.41. The second-order valence-electron chi connectivity index (χ2n) is 6.37. The molecule has 1 atom stereocenters. The lowest BCUT2D eigenvalue weighted by Crippen LogP contribution is -2.43. The molecule has 1 unspecified atom stereocenters. The van der Waals surface area contributed by atoms with Gasteiger partial charge in [-0.3, -0.25) is 9.59 Å². The van der Waals surface area contributed by atoms with Gasteiger partial charge in [0.05, 0.1) is 5.92 Å². The van der Waals surface area contributed by atoms with Crippen molar-refractivity contribution in [1.82, 2.24) is 4.90 Å². The first-order valence-corrected chi connectivity index (χ1v) is 9.49. The number of anilines is 1. The Morgan fingerprint density at radius 2 is 1.92 bits per heavy atom. The number of likely N-dealkylation sites (tertiary alicyclic amines) is 1. The van der Waals surface area contributed by atoms with E-state index in [1.165, 1.54) is 0 Å². The number of halogens is 1. The van der Waals surface area contributed by atoms with Crippen molar-refractivity contribution in [3.05, 3.63) is 70.7 Å². The monoisotopic (exact) mass is 412 g/mol. The number of amides is 2. The minimum absolute atomic E-state index is 0.0235. The molecule has 1 aliphatic heterocycles. The first-order valence-electron chi connectivity index (χ1n) is 8.70. The maximum absolute atomic E-state index is 12.5. The summed E-state index contributed by atoms with van der Waals surface area (Å²) >= 11 is 3.42. The van der Waals surface area contributed by atoms with Gasteiger partial charge >= 0.3 is 0 Å². The summed E-state index contributed by atoms with van der Waals surface area (Å²) in [5, 5.41) is 2.94. The second kappa shape index (κ2) is 8.81. The van der Waals surface area contributed by atoms with Crippen molar-refractivity contribution in [2.45, 2.75) is 12.8 Å². The minimum atomic E-state index is -0.174. The standard InChI is InChI=1S/C21H21BrN2O2/c22-18-8-4-6-16(14-18)11-12-20(25)24-13-5-7-17(15-24)21(26)23-19-9-2-1-3-10-19/h1-4,6,8-12,14,17H,5,7,13,15H2,(H,23,26)/b12-11+. The summed E-state index contributed by atoms with van der Waals surface area (Å²) in [5.74, 6) is -0.251. The zero-order chi connectivity index (χ0) is 18.4. The summed E-state index contributed by atoms with van der Waals surface area (Å²) in [6.07, 6.45) is 5.03. The summed E-state index contributed by atoms with van der Waals surface area (Å²) in [6.45, 7) is 1.15. The summed E-state index contributed by atoms with van der Waals surface area (Å²) in [7, 11) is 0. The molecule has 1 N–H and O–H groups in total. The molecule has 2 aromatic rings. The van der Waals surface area contributed by atoms with Gasteiger partial charge in [0.2, 0.25) is 11.8 Å². The molecule has 2 amide bonds. The first-order chi connectivity index (χ1) is 12.6. The number of piperidine rings is 1. The predicted molar refractivity (Wildman–Crippen MR) is 108 cm³/mol. The number of hydrogen-bond acceptors (Lipinski definition) is 2. The smallest absolute Gasteiger partial charge is 0.246 e. The Labute approximate surface area is 162 Å². The summed E-state index contributed by atoms with van der Waals surface area (Å²) in [5.41, 5.74) is 1.75. The molecule has 0 radical (unpaired) electrons. The number of hydrogen-bond donors (Lipinski definition) is 1. The normalized spacial score (nSPS) is 17.3. The van der Waals surface area contributed by atoms with Crippen LogP contribution in [-0.2, 0) is 9.59 Å². The predicted octanol–water partition coefficient (Wildman–Crippen LogP) is 4.34. The molecule has 134 valence electrons. The molecule has 1 fully saturated rings. The van der Waals surface area contributed by atoms with Gasteiger partial charge in [0, 0.05) is 29.3 Å². The van der Waals surface area contributed by atoms with E-state index in [1.54, 1.807) is 17.1 Å². The molecule has 0 bridgehead atoms. The van der Waals surface area contributed by atoms with Crippen LogP contribution in [0.15, 0.2) is 65.1 Å². The molecule has 5 heteroatoms. The van der Waals surface area contributed by atoms with Crippen LogP contribution in [0.2, 0.25) is 0 Å². The number of nitrogens with zero attached hydrogens (tertiary/aromatic N) is 1. The molecule has 0 spiro atoms. The van der Waals surface area contributed by atoms with Crippen LogP contribution >= 0.6 is 15.9 Å². The highest BCUT2D eigenvalue weighted by atomic mass is 79.9. The van der Waals surface area contributed by atoms with E-state index in [0.717, 1.165) is 28.6 Å². The van der Waals surface area contributed by atoms with Gasteiger partial charge in [-0.05, 0) is 48.7 Å². The molecule has 1 saturated heterocycles. The molecule has 0 aliphatic carbocycles.